The Labute approximate surface area is 304 Å². The number of ether oxygens (including phenoxy) is 3. The molecule has 1 aliphatic rings. The minimum absolute atomic E-state index is 0.127. The number of hydroxylamine groups is 2. The first kappa shape index (κ1) is 39.1. The van der Waals surface area contributed by atoms with Gasteiger partial charge in [-0.15, -0.1) is 5.06 Å². The lowest BCUT2D eigenvalue weighted by Crippen LogP contribution is -2.35. The van der Waals surface area contributed by atoms with Gasteiger partial charge in [-0.05, 0) is 81.6 Å². The number of halogens is 2. The number of aromatic nitrogens is 1. The van der Waals surface area contributed by atoms with Gasteiger partial charge in [0.15, 0.2) is 23.1 Å². The van der Waals surface area contributed by atoms with Crippen molar-refractivity contribution in [2.24, 2.45) is 5.41 Å². The third kappa shape index (κ3) is 9.84. The number of amides is 2. The van der Waals surface area contributed by atoms with Crippen molar-refractivity contribution in [2.45, 2.75) is 33.1 Å². The summed E-state index contributed by atoms with van der Waals surface area (Å²) < 4.78 is 69.4. The van der Waals surface area contributed by atoms with Crippen LogP contribution in [0.1, 0.15) is 33.1 Å². The van der Waals surface area contributed by atoms with Crippen LogP contribution in [0.2, 0.25) is 0 Å². The lowest BCUT2D eigenvalue weighted by molar-refractivity contribution is -0.170. The number of nitrogens with one attached hydrogen (secondary N) is 2. The van der Waals surface area contributed by atoms with Crippen molar-refractivity contribution in [3.05, 3.63) is 78.5 Å². The fraction of sp³-hybridized carbons (Fsp3) is 0.333. The van der Waals surface area contributed by atoms with Crippen LogP contribution in [-0.2, 0) is 32.8 Å². The number of benzene rings is 3. The summed E-state index contributed by atoms with van der Waals surface area (Å²) >= 11 is 0. The average molecular weight is 757 g/mol. The molecule has 2 amide bonds. The molecule has 1 aromatic heterocycles. The van der Waals surface area contributed by atoms with Crippen molar-refractivity contribution >= 4 is 48.2 Å². The first-order chi connectivity index (χ1) is 25.5. The van der Waals surface area contributed by atoms with E-state index in [0.717, 1.165) is 6.07 Å². The van der Waals surface area contributed by atoms with Gasteiger partial charge in [0.05, 0.1) is 32.4 Å². The number of nitrogens with zero attached hydrogens (tertiary/aromatic N) is 2. The number of methoxy groups -OCH3 is 1. The molecule has 5 rings (SSSR count). The van der Waals surface area contributed by atoms with Gasteiger partial charge >= 0.3 is 14.1 Å². The third-order valence-corrected chi connectivity index (χ3v) is 10.1. The maximum Gasteiger partial charge on any atom is 0.347 e. The quantitative estimate of drug-likeness (QED) is 0.0311. The van der Waals surface area contributed by atoms with E-state index in [-0.39, 0.29) is 56.3 Å². The average Bonchev–Trinajstić information content (AvgIpc) is 3.95. The molecular formula is C36H39F2N4O10P. The van der Waals surface area contributed by atoms with E-state index in [4.69, 9.17) is 28.1 Å². The molecule has 1 fully saturated rings. The minimum Gasteiger partial charge on any atom is -0.493 e. The Kier molecular flexibility index (Phi) is 13.0. The SMILES string of the molecule is CCOP(=O)(CN(CCCOc1cc2nccc(Oc3ccc(NC(=O)C4(C(=O)Nc5ccc(F)cc5)CC4)cc3F)c2cc1OC)OC=O)OCC. The molecule has 0 atom stereocenters. The second kappa shape index (κ2) is 17.6. The molecule has 14 nitrogen and oxygen atoms in total. The fourth-order valence-electron chi connectivity index (χ4n) is 5.33. The van der Waals surface area contributed by atoms with E-state index in [0.29, 0.717) is 47.4 Å². The first-order valence-electron chi connectivity index (χ1n) is 16.7. The summed E-state index contributed by atoms with van der Waals surface area (Å²) in [6.07, 6.45) is 2.20. The standard InChI is InChI=1S/C36H39F2N4O10P/c1-4-50-53(46,51-5-2)22-42(49-23-43)17-6-18-48-33-21-29-27(20-32(33)47-3)30(13-16-39-29)52-31-12-11-26(19-28(31)38)41-35(45)36(14-15-36)34(44)40-25-9-7-24(37)8-10-25/h7-13,16,19-21,23H,4-6,14-15,17-18,22H2,1-3H3,(H,40,44)(H,41,45). The monoisotopic (exact) mass is 756 g/mol. The molecule has 1 aliphatic carbocycles. The molecule has 53 heavy (non-hydrogen) atoms. The lowest BCUT2D eigenvalue weighted by atomic mass is 10.0. The Hall–Kier alpha value is -5.15. The predicted molar refractivity (Wildman–Crippen MR) is 190 cm³/mol. The number of carbonyl (C=O) groups is 3. The number of pyridine rings is 1. The Morgan fingerprint density at radius 3 is 2.21 bits per heavy atom. The van der Waals surface area contributed by atoms with Gasteiger partial charge < -0.3 is 38.7 Å². The van der Waals surface area contributed by atoms with E-state index in [1.165, 1.54) is 54.8 Å². The van der Waals surface area contributed by atoms with E-state index in [9.17, 15) is 23.3 Å². The molecule has 3 aromatic carbocycles. The van der Waals surface area contributed by atoms with Crippen molar-refractivity contribution < 1.29 is 55.8 Å². The normalized spacial score (nSPS) is 13.3. The number of hydrogen-bond acceptors (Lipinski definition) is 12. The molecule has 0 radical (unpaired) electrons. The Morgan fingerprint density at radius 2 is 1.58 bits per heavy atom. The van der Waals surface area contributed by atoms with Crippen LogP contribution in [0, 0.1) is 17.0 Å². The summed E-state index contributed by atoms with van der Waals surface area (Å²) in [4.78, 5) is 46.4. The van der Waals surface area contributed by atoms with Crippen LogP contribution in [0.15, 0.2) is 66.9 Å². The highest BCUT2D eigenvalue weighted by Crippen LogP contribution is 2.49. The molecule has 1 saturated carbocycles. The van der Waals surface area contributed by atoms with Gasteiger partial charge in [-0.2, -0.15) is 0 Å². The number of rotatable bonds is 20. The zero-order valence-corrected chi connectivity index (χ0v) is 30.2. The Bertz CT molecular complexity index is 1970. The maximum absolute atomic E-state index is 15.3. The topological polar surface area (TPSA) is 164 Å². The van der Waals surface area contributed by atoms with Crippen LogP contribution < -0.4 is 24.8 Å². The van der Waals surface area contributed by atoms with E-state index in [2.05, 4.69) is 15.6 Å². The zero-order chi connectivity index (χ0) is 38.0. The van der Waals surface area contributed by atoms with Gasteiger partial charge in [-0.3, -0.25) is 23.9 Å². The molecule has 4 aromatic rings. The second-order valence-electron chi connectivity index (χ2n) is 11.8. The summed E-state index contributed by atoms with van der Waals surface area (Å²) in [6.45, 7) is 4.22. The molecular weight excluding hydrogens is 717 g/mol. The highest BCUT2D eigenvalue weighted by Gasteiger charge is 2.56. The fourth-order valence-corrected chi connectivity index (χ4v) is 6.95. The van der Waals surface area contributed by atoms with Gasteiger partial charge in [0.1, 0.15) is 23.3 Å². The van der Waals surface area contributed by atoms with Crippen LogP contribution >= 0.6 is 7.60 Å². The van der Waals surface area contributed by atoms with Gasteiger partial charge in [-0.25, -0.2) is 8.78 Å². The van der Waals surface area contributed by atoms with Crippen molar-refractivity contribution in [1.29, 1.82) is 0 Å². The Balaban J connectivity index is 1.22. The first-order valence-corrected chi connectivity index (χ1v) is 18.4. The van der Waals surface area contributed by atoms with Gasteiger partial charge in [0, 0.05) is 41.6 Å². The molecule has 282 valence electrons. The van der Waals surface area contributed by atoms with E-state index in [1.807, 2.05) is 0 Å². The third-order valence-electron chi connectivity index (χ3n) is 8.10. The molecule has 0 bridgehead atoms. The number of carbonyl (C=O) groups excluding carboxylic acids is 3. The zero-order valence-electron chi connectivity index (χ0n) is 29.3. The van der Waals surface area contributed by atoms with E-state index >= 15 is 4.39 Å². The van der Waals surface area contributed by atoms with Crippen molar-refractivity contribution in [3.63, 3.8) is 0 Å². The predicted octanol–water partition coefficient (Wildman–Crippen LogP) is 7.05. The summed E-state index contributed by atoms with van der Waals surface area (Å²) in [6, 6.07) is 13.9. The number of anilines is 2. The summed E-state index contributed by atoms with van der Waals surface area (Å²) in [5.41, 5.74) is -0.384. The summed E-state index contributed by atoms with van der Waals surface area (Å²) in [5.74, 6) is -1.53. The van der Waals surface area contributed by atoms with Gasteiger partial charge in [-0.1, -0.05) is 0 Å². The van der Waals surface area contributed by atoms with Crippen LogP contribution in [-0.4, -0.2) is 68.1 Å². The molecule has 0 aliphatic heterocycles. The molecule has 17 heteroatoms. The van der Waals surface area contributed by atoms with Crippen LogP contribution in [0.4, 0.5) is 20.2 Å². The van der Waals surface area contributed by atoms with Gasteiger partial charge in [0.2, 0.25) is 11.8 Å². The molecule has 0 spiro atoms. The van der Waals surface area contributed by atoms with E-state index in [1.54, 1.807) is 32.0 Å². The number of fused-ring (bicyclic) bond motifs is 1. The smallest absolute Gasteiger partial charge is 0.347 e. The van der Waals surface area contributed by atoms with Crippen LogP contribution in [0.3, 0.4) is 0 Å². The minimum atomic E-state index is -3.51. The summed E-state index contributed by atoms with van der Waals surface area (Å²) in [7, 11) is -2.06. The summed E-state index contributed by atoms with van der Waals surface area (Å²) in [5, 5.41) is 6.92. The van der Waals surface area contributed by atoms with Crippen molar-refractivity contribution in [3.8, 4) is 23.0 Å². The molecule has 2 N–H and O–H groups in total. The second-order valence-corrected chi connectivity index (χ2v) is 13.8. The Morgan fingerprint density at radius 1 is 0.906 bits per heavy atom. The molecule has 0 saturated heterocycles. The van der Waals surface area contributed by atoms with Crippen molar-refractivity contribution in [2.75, 3.05) is 50.4 Å². The lowest BCUT2D eigenvalue weighted by Gasteiger charge is -2.24. The van der Waals surface area contributed by atoms with Crippen LogP contribution in [0.25, 0.3) is 10.9 Å². The van der Waals surface area contributed by atoms with Crippen molar-refractivity contribution in [1.82, 2.24) is 10.0 Å². The molecule has 1 heterocycles. The maximum atomic E-state index is 15.3. The van der Waals surface area contributed by atoms with Crippen LogP contribution in [0.5, 0.6) is 23.0 Å². The highest BCUT2D eigenvalue weighted by molar-refractivity contribution is 7.53. The largest absolute Gasteiger partial charge is 0.493 e. The molecule has 0 unspecified atom stereocenters. The van der Waals surface area contributed by atoms with Gasteiger partial charge in [0.25, 0.3) is 0 Å². The number of hydrogen-bond donors (Lipinski definition) is 2. The highest BCUT2D eigenvalue weighted by atomic mass is 31.2. The van der Waals surface area contributed by atoms with E-state index < -0.39 is 36.5 Å².